The van der Waals surface area contributed by atoms with Crippen molar-refractivity contribution >= 4 is 0 Å². The highest BCUT2D eigenvalue weighted by molar-refractivity contribution is 4.96. The van der Waals surface area contributed by atoms with E-state index in [-0.39, 0.29) is 12.0 Å². The van der Waals surface area contributed by atoms with Gasteiger partial charge in [-0.1, -0.05) is 27.2 Å². The lowest BCUT2D eigenvalue weighted by atomic mass is 9.67. The molecular formula is C16H27NO. The number of hydrogen-bond donors (Lipinski definition) is 0. The molecule has 0 aliphatic heterocycles. The van der Waals surface area contributed by atoms with Crippen molar-refractivity contribution in [1.29, 1.82) is 5.26 Å². The molecule has 0 amide bonds. The van der Waals surface area contributed by atoms with Crippen molar-refractivity contribution < 1.29 is 4.74 Å². The molecule has 0 aromatic carbocycles. The Morgan fingerprint density at radius 1 is 1.22 bits per heavy atom. The second-order valence-corrected chi connectivity index (χ2v) is 6.90. The molecule has 0 aromatic heterocycles. The molecule has 3 unspecified atom stereocenters. The van der Waals surface area contributed by atoms with E-state index in [0.717, 1.165) is 31.3 Å². The summed E-state index contributed by atoms with van der Waals surface area (Å²) in [5.74, 6) is 1.65. The second kappa shape index (κ2) is 5.61. The molecule has 2 rings (SSSR count). The first-order chi connectivity index (χ1) is 8.56. The van der Waals surface area contributed by atoms with Gasteiger partial charge in [0.05, 0.1) is 18.1 Å². The van der Waals surface area contributed by atoms with Gasteiger partial charge in [0.15, 0.2) is 0 Å². The highest BCUT2D eigenvalue weighted by Crippen LogP contribution is 2.43. The van der Waals surface area contributed by atoms with Crippen LogP contribution in [0.2, 0.25) is 0 Å². The molecule has 18 heavy (non-hydrogen) atoms. The van der Waals surface area contributed by atoms with Crippen LogP contribution in [0.15, 0.2) is 0 Å². The maximum Gasteiger partial charge on any atom is 0.0736 e. The Hall–Kier alpha value is -0.550. The van der Waals surface area contributed by atoms with Gasteiger partial charge in [0, 0.05) is 6.61 Å². The van der Waals surface area contributed by atoms with Crippen molar-refractivity contribution in [2.24, 2.45) is 23.2 Å². The molecule has 3 atom stereocenters. The minimum atomic E-state index is 0.132. The van der Waals surface area contributed by atoms with Gasteiger partial charge in [0.25, 0.3) is 0 Å². The van der Waals surface area contributed by atoms with Crippen LogP contribution in [-0.4, -0.2) is 12.7 Å². The highest BCUT2D eigenvalue weighted by Gasteiger charge is 2.38. The van der Waals surface area contributed by atoms with Crippen LogP contribution in [0.3, 0.4) is 0 Å². The minimum absolute atomic E-state index is 0.132. The summed E-state index contributed by atoms with van der Waals surface area (Å²) in [5.41, 5.74) is 0.390. The van der Waals surface area contributed by atoms with Crippen LogP contribution in [0.5, 0.6) is 0 Å². The van der Waals surface area contributed by atoms with E-state index in [1.54, 1.807) is 0 Å². The molecule has 2 fully saturated rings. The molecule has 2 aliphatic rings. The summed E-state index contributed by atoms with van der Waals surface area (Å²) in [4.78, 5) is 0. The lowest BCUT2D eigenvalue weighted by Gasteiger charge is -2.41. The van der Waals surface area contributed by atoms with Gasteiger partial charge in [-0.2, -0.15) is 5.26 Å². The molecule has 0 heterocycles. The van der Waals surface area contributed by atoms with Crippen LogP contribution in [0.25, 0.3) is 0 Å². The van der Waals surface area contributed by atoms with Crippen molar-refractivity contribution in [2.75, 3.05) is 6.61 Å². The van der Waals surface area contributed by atoms with Crippen LogP contribution in [0.1, 0.15) is 59.3 Å². The minimum Gasteiger partial charge on any atom is -0.377 e. The van der Waals surface area contributed by atoms with Crippen molar-refractivity contribution in [2.45, 2.75) is 65.4 Å². The summed E-state index contributed by atoms with van der Waals surface area (Å²) in [7, 11) is 0. The highest BCUT2D eigenvalue weighted by atomic mass is 16.5. The average Bonchev–Trinajstić information content (AvgIpc) is 3.20. The van der Waals surface area contributed by atoms with E-state index < -0.39 is 0 Å². The maximum atomic E-state index is 9.26. The Morgan fingerprint density at radius 2 is 1.94 bits per heavy atom. The fourth-order valence-electron chi connectivity index (χ4n) is 3.00. The summed E-state index contributed by atoms with van der Waals surface area (Å²) in [6.45, 7) is 7.89. The zero-order valence-corrected chi connectivity index (χ0v) is 12.1. The molecule has 2 heteroatoms. The first-order valence-electron chi connectivity index (χ1n) is 7.58. The van der Waals surface area contributed by atoms with E-state index in [1.807, 2.05) is 0 Å². The molecule has 0 N–H and O–H groups in total. The molecule has 0 aromatic rings. The summed E-state index contributed by atoms with van der Waals surface area (Å²) in [6, 6.07) is 2.46. The van der Waals surface area contributed by atoms with Gasteiger partial charge in [0.1, 0.15) is 0 Å². The fraction of sp³-hybridized carbons (Fsp3) is 0.938. The lowest BCUT2D eigenvalue weighted by molar-refractivity contribution is -0.0351. The summed E-state index contributed by atoms with van der Waals surface area (Å²) >= 11 is 0. The molecule has 2 aliphatic carbocycles. The number of rotatable bonds is 5. The smallest absolute Gasteiger partial charge is 0.0736 e. The van der Waals surface area contributed by atoms with Gasteiger partial charge < -0.3 is 4.74 Å². The van der Waals surface area contributed by atoms with Crippen LogP contribution in [-0.2, 0) is 4.74 Å². The van der Waals surface area contributed by atoms with Gasteiger partial charge in [0.2, 0.25) is 0 Å². The molecular weight excluding hydrogens is 222 g/mol. The summed E-state index contributed by atoms with van der Waals surface area (Å²) in [6.07, 6.45) is 7.38. The molecule has 102 valence electrons. The van der Waals surface area contributed by atoms with Crippen molar-refractivity contribution in [3.8, 4) is 6.07 Å². The number of ether oxygens (including phenoxy) is 1. The molecule has 0 spiro atoms. The molecule has 2 saturated carbocycles. The molecule has 0 radical (unpaired) electrons. The van der Waals surface area contributed by atoms with Gasteiger partial charge >= 0.3 is 0 Å². The predicted molar refractivity (Wildman–Crippen MR) is 73.0 cm³/mol. The van der Waals surface area contributed by atoms with Gasteiger partial charge in [-0.05, 0) is 49.4 Å². The third kappa shape index (κ3) is 3.26. The standard InChI is InChI=1S/C16H27NO/c1-4-16(2,3)14-8-7-13(10-17)15(9-14)18-11-12-5-6-12/h12-15H,4-9,11H2,1-3H3. The normalized spacial score (nSPS) is 33.1. The maximum absolute atomic E-state index is 9.26. The third-order valence-electron chi connectivity index (χ3n) is 5.22. The number of nitriles is 1. The zero-order valence-electron chi connectivity index (χ0n) is 12.1. The van der Waals surface area contributed by atoms with Crippen LogP contribution >= 0.6 is 0 Å². The van der Waals surface area contributed by atoms with Gasteiger partial charge in [-0.25, -0.2) is 0 Å². The fourth-order valence-corrected chi connectivity index (χ4v) is 3.00. The van der Waals surface area contributed by atoms with Gasteiger partial charge in [-0.3, -0.25) is 0 Å². The van der Waals surface area contributed by atoms with Crippen molar-refractivity contribution in [3.63, 3.8) is 0 Å². The third-order valence-corrected chi connectivity index (χ3v) is 5.22. The van der Waals surface area contributed by atoms with Crippen LogP contribution in [0.4, 0.5) is 0 Å². The SMILES string of the molecule is CCC(C)(C)C1CCC(C#N)C(OCC2CC2)C1. The van der Waals surface area contributed by atoms with Crippen molar-refractivity contribution in [1.82, 2.24) is 0 Å². The number of nitrogens with zero attached hydrogens (tertiary/aromatic N) is 1. The zero-order chi connectivity index (χ0) is 13.2. The monoisotopic (exact) mass is 249 g/mol. The first-order valence-corrected chi connectivity index (χ1v) is 7.58. The van der Waals surface area contributed by atoms with Crippen molar-refractivity contribution in [3.05, 3.63) is 0 Å². The van der Waals surface area contributed by atoms with E-state index in [9.17, 15) is 5.26 Å². The molecule has 2 nitrogen and oxygen atoms in total. The van der Waals surface area contributed by atoms with E-state index >= 15 is 0 Å². The van der Waals surface area contributed by atoms with E-state index in [2.05, 4.69) is 26.8 Å². The lowest BCUT2D eigenvalue weighted by Crippen LogP contribution is -2.37. The van der Waals surface area contributed by atoms with E-state index in [0.29, 0.717) is 5.41 Å². The quantitative estimate of drug-likeness (QED) is 0.733. The van der Waals surface area contributed by atoms with Crippen LogP contribution in [0, 0.1) is 34.5 Å². The Labute approximate surface area is 112 Å². The Morgan fingerprint density at radius 3 is 2.50 bits per heavy atom. The Kier molecular flexibility index (Phi) is 4.33. The topological polar surface area (TPSA) is 33.0 Å². The van der Waals surface area contributed by atoms with E-state index in [1.165, 1.54) is 25.7 Å². The average molecular weight is 249 g/mol. The largest absolute Gasteiger partial charge is 0.377 e. The van der Waals surface area contributed by atoms with Crippen LogP contribution < -0.4 is 0 Å². The Balaban J connectivity index is 1.92. The molecule has 0 saturated heterocycles. The second-order valence-electron chi connectivity index (χ2n) is 6.90. The number of hydrogen-bond acceptors (Lipinski definition) is 2. The summed E-state index contributed by atoms with van der Waals surface area (Å²) < 4.78 is 6.06. The first kappa shape index (κ1) is 13.9. The molecule has 0 bridgehead atoms. The summed E-state index contributed by atoms with van der Waals surface area (Å²) in [5, 5.41) is 9.26. The Bertz CT molecular complexity index is 314. The van der Waals surface area contributed by atoms with Gasteiger partial charge in [-0.15, -0.1) is 0 Å². The predicted octanol–water partition coefficient (Wildman–Crippen LogP) is 4.16. The van der Waals surface area contributed by atoms with E-state index in [4.69, 9.17) is 4.74 Å².